The van der Waals surface area contributed by atoms with E-state index in [1.807, 2.05) is 6.07 Å². The van der Waals surface area contributed by atoms with Crippen LogP contribution in [-0.4, -0.2) is 19.2 Å². The number of nitrogens with zero attached hydrogens (tertiary/aromatic N) is 1. The van der Waals surface area contributed by atoms with E-state index in [9.17, 15) is 13.6 Å². The molecule has 0 unspecified atom stereocenters. The highest BCUT2D eigenvalue weighted by Gasteiger charge is 2.20. The predicted molar refractivity (Wildman–Crippen MR) is 70.8 cm³/mol. The molecule has 1 aromatic carbocycles. The van der Waals surface area contributed by atoms with Gasteiger partial charge in [-0.1, -0.05) is 22.0 Å². The number of hydrogen-bond donors (Lipinski definition) is 0. The summed E-state index contributed by atoms with van der Waals surface area (Å²) >= 11 is 3.15. The van der Waals surface area contributed by atoms with E-state index in [1.165, 1.54) is 12.1 Å². The summed E-state index contributed by atoms with van der Waals surface area (Å²) in [4.78, 5) is 11.5. The standard InChI is InChI=1S/C13H12BrF2NO3/c1-2-19-11(18)5-10-9(7-17)4-3-8(6-14)12(10)20-13(15)16/h3-4,13H,2,5-6H2,1H3. The van der Waals surface area contributed by atoms with Crippen molar-refractivity contribution in [1.82, 2.24) is 0 Å². The largest absolute Gasteiger partial charge is 0.466 e. The van der Waals surface area contributed by atoms with Gasteiger partial charge in [0.25, 0.3) is 0 Å². The van der Waals surface area contributed by atoms with E-state index in [4.69, 9.17) is 10.00 Å². The van der Waals surface area contributed by atoms with Gasteiger partial charge in [0.1, 0.15) is 5.75 Å². The average Bonchev–Trinajstić information content (AvgIpc) is 2.40. The first-order chi connectivity index (χ1) is 9.53. The predicted octanol–water partition coefficient (Wildman–Crippen LogP) is 3.16. The Labute approximate surface area is 123 Å². The summed E-state index contributed by atoms with van der Waals surface area (Å²) in [7, 11) is 0. The molecule has 4 nitrogen and oxygen atoms in total. The van der Waals surface area contributed by atoms with Crippen LogP contribution in [0, 0.1) is 11.3 Å². The molecule has 0 saturated heterocycles. The first kappa shape index (κ1) is 16.4. The lowest BCUT2D eigenvalue weighted by atomic mass is 10.0. The molecule has 7 heteroatoms. The average molecular weight is 348 g/mol. The topological polar surface area (TPSA) is 59.3 Å². The molecular weight excluding hydrogens is 336 g/mol. The van der Waals surface area contributed by atoms with Crippen LogP contribution in [0.4, 0.5) is 8.78 Å². The maximum atomic E-state index is 12.5. The van der Waals surface area contributed by atoms with Crippen molar-refractivity contribution in [2.45, 2.75) is 25.3 Å². The van der Waals surface area contributed by atoms with Gasteiger partial charge in [0.15, 0.2) is 0 Å². The highest BCUT2D eigenvalue weighted by Crippen LogP contribution is 2.31. The SMILES string of the molecule is CCOC(=O)Cc1c(C#N)ccc(CBr)c1OC(F)F. The monoisotopic (exact) mass is 347 g/mol. The van der Waals surface area contributed by atoms with Gasteiger partial charge in [0.05, 0.1) is 24.7 Å². The molecule has 0 radical (unpaired) electrons. The number of halogens is 3. The second kappa shape index (κ2) is 7.80. The smallest absolute Gasteiger partial charge is 0.387 e. The Morgan fingerprint density at radius 2 is 2.20 bits per heavy atom. The quantitative estimate of drug-likeness (QED) is 0.585. The number of alkyl halides is 3. The maximum absolute atomic E-state index is 12.5. The van der Waals surface area contributed by atoms with E-state index < -0.39 is 12.6 Å². The summed E-state index contributed by atoms with van der Waals surface area (Å²) in [5, 5.41) is 9.29. The van der Waals surface area contributed by atoms with Gasteiger partial charge < -0.3 is 9.47 Å². The summed E-state index contributed by atoms with van der Waals surface area (Å²) in [6.45, 7) is -1.24. The third-order valence-electron chi connectivity index (χ3n) is 2.44. The van der Waals surface area contributed by atoms with Crippen molar-refractivity contribution in [2.75, 3.05) is 6.61 Å². The van der Waals surface area contributed by atoms with Crippen molar-refractivity contribution in [2.24, 2.45) is 0 Å². The number of ether oxygens (including phenoxy) is 2. The fraction of sp³-hybridized carbons (Fsp3) is 0.385. The lowest BCUT2D eigenvalue weighted by Crippen LogP contribution is -2.13. The fourth-order valence-electron chi connectivity index (χ4n) is 1.65. The minimum absolute atomic E-state index is 0.110. The molecule has 0 aliphatic carbocycles. The summed E-state index contributed by atoms with van der Waals surface area (Å²) in [6, 6.07) is 4.82. The molecule has 0 aliphatic rings. The van der Waals surface area contributed by atoms with Crippen LogP contribution in [0.1, 0.15) is 23.6 Å². The van der Waals surface area contributed by atoms with Crippen molar-refractivity contribution in [3.63, 3.8) is 0 Å². The van der Waals surface area contributed by atoms with Crippen molar-refractivity contribution < 1.29 is 23.0 Å². The van der Waals surface area contributed by atoms with Crippen molar-refractivity contribution >= 4 is 21.9 Å². The van der Waals surface area contributed by atoms with Crippen LogP contribution in [0.15, 0.2) is 12.1 Å². The summed E-state index contributed by atoms with van der Waals surface area (Å²) in [5.74, 6) is -0.751. The van der Waals surface area contributed by atoms with E-state index in [2.05, 4.69) is 20.7 Å². The van der Waals surface area contributed by atoms with Crippen LogP contribution in [0.2, 0.25) is 0 Å². The van der Waals surface area contributed by atoms with Gasteiger partial charge in [-0.3, -0.25) is 4.79 Å². The minimum atomic E-state index is -3.04. The van der Waals surface area contributed by atoms with Gasteiger partial charge in [0.2, 0.25) is 0 Å². The molecule has 108 valence electrons. The number of hydrogen-bond acceptors (Lipinski definition) is 4. The zero-order valence-corrected chi connectivity index (χ0v) is 12.2. The number of esters is 1. The number of benzene rings is 1. The van der Waals surface area contributed by atoms with Crippen LogP contribution in [-0.2, 0) is 21.3 Å². The van der Waals surface area contributed by atoms with Crippen molar-refractivity contribution in [1.29, 1.82) is 5.26 Å². The van der Waals surface area contributed by atoms with Crippen LogP contribution < -0.4 is 4.74 Å². The van der Waals surface area contributed by atoms with E-state index in [0.717, 1.165) is 0 Å². The van der Waals surface area contributed by atoms with Gasteiger partial charge >= 0.3 is 12.6 Å². The Morgan fingerprint density at radius 3 is 2.70 bits per heavy atom. The molecule has 0 aromatic heterocycles. The number of carbonyl (C=O) groups excluding carboxylic acids is 1. The normalized spacial score (nSPS) is 10.2. The van der Waals surface area contributed by atoms with Crippen LogP contribution in [0.3, 0.4) is 0 Å². The van der Waals surface area contributed by atoms with Crippen LogP contribution in [0.25, 0.3) is 0 Å². The number of carbonyl (C=O) groups is 1. The molecule has 0 amide bonds. The van der Waals surface area contributed by atoms with E-state index >= 15 is 0 Å². The Hall–Kier alpha value is -1.68. The summed E-state index contributed by atoms with van der Waals surface area (Å²) < 4.78 is 34.2. The van der Waals surface area contributed by atoms with E-state index in [0.29, 0.717) is 5.56 Å². The minimum Gasteiger partial charge on any atom is -0.466 e. The fourth-order valence-corrected chi connectivity index (χ4v) is 2.10. The summed E-state index contributed by atoms with van der Waals surface area (Å²) in [5.41, 5.74) is 0.658. The Morgan fingerprint density at radius 1 is 1.50 bits per heavy atom. The Balaban J connectivity index is 3.27. The van der Waals surface area contributed by atoms with Gasteiger partial charge in [-0.15, -0.1) is 0 Å². The van der Waals surface area contributed by atoms with Crippen LogP contribution in [0.5, 0.6) is 5.75 Å². The lowest BCUT2D eigenvalue weighted by Gasteiger charge is -2.15. The number of nitriles is 1. The second-order valence-corrected chi connectivity index (χ2v) is 4.25. The van der Waals surface area contributed by atoms with Gasteiger partial charge in [-0.2, -0.15) is 14.0 Å². The van der Waals surface area contributed by atoms with Gasteiger partial charge in [0, 0.05) is 16.5 Å². The molecule has 0 spiro atoms. The molecule has 0 bridgehead atoms. The third kappa shape index (κ3) is 4.17. The highest BCUT2D eigenvalue weighted by molar-refractivity contribution is 9.08. The zero-order valence-electron chi connectivity index (χ0n) is 10.7. The van der Waals surface area contributed by atoms with Crippen LogP contribution >= 0.6 is 15.9 Å². The lowest BCUT2D eigenvalue weighted by molar-refractivity contribution is -0.142. The maximum Gasteiger partial charge on any atom is 0.387 e. The molecule has 0 heterocycles. The molecular formula is C13H12BrF2NO3. The summed E-state index contributed by atoms with van der Waals surface area (Å²) in [6.07, 6.45) is -0.292. The van der Waals surface area contributed by atoms with Gasteiger partial charge in [-0.25, -0.2) is 0 Å². The molecule has 20 heavy (non-hydrogen) atoms. The molecule has 0 fully saturated rings. The molecule has 0 aliphatic heterocycles. The zero-order chi connectivity index (χ0) is 15.1. The third-order valence-corrected chi connectivity index (χ3v) is 3.04. The molecule has 0 saturated carbocycles. The van der Waals surface area contributed by atoms with Crippen molar-refractivity contribution in [3.05, 3.63) is 28.8 Å². The van der Waals surface area contributed by atoms with Gasteiger partial charge in [-0.05, 0) is 13.0 Å². The van der Waals surface area contributed by atoms with E-state index in [1.54, 1.807) is 6.92 Å². The first-order valence-electron chi connectivity index (χ1n) is 5.74. The Kier molecular flexibility index (Phi) is 6.39. The van der Waals surface area contributed by atoms with Crippen molar-refractivity contribution in [3.8, 4) is 11.8 Å². The molecule has 1 rings (SSSR count). The Bertz CT molecular complexity index is 529. The first-order valence-corrected chi connectivity index (χ1v) is 6.86. The molecule has 0 N–H and O–H groups in total. The number of rotatable bonds is 6. The molecule has 0 atom stereocenters. The molecule has 1 aromatic rings. The highest BCUT2D eigenvalue weighted by atomic mass is 79.9. The van der Waals surface area contributed by atoms with E-state index in [-0.39, 0.29) is 35.2 Å². The second-order valence-electron chi connectivity index (χ2n) is 3.69.